The van der Waals surface area contributed by atoms with Crippen LogP contribution >= 0.6 is 0 Å². The molecule has 0 aromatic rings. The van der Waals surface area contributed by atoms with E-state index < -0.39 is 17.4 Å². The van der Waals surface area contributed by atoms with Crippen LogP contribution in [0.4, 0.5) is 0 Å². The van der Waals surface area contributed by atoms with Crippen LogP contribution in [0.15, 0.2) is 17.1 Å². The number of carbonyl (C=O) groups is 2. The van der Waals surface area contributed by atoms with Gasteiger partial charge < -0.3 is 9.90 Å². The fraction of sp³-hybridized carbons (Fsp3) is 0.375. The molecule has 0 radical (unpaired) electrons. The average molecular weight is 167 g/mol. The normalized spacial score (nSPS) is 33.2. The van der Waals surface area contributed by atoms with Gasteiger partial charge >= 0.3 is 5.97 Å². The summed E-state index contributed by atoms with van der Waals surface area (Å²) in [6.45, 7) is 1.47. The fourth-order valence-corrected chi connectivity index (χ4v) is 1.01. The molecule has 2 unspecified atom stereocenters. The third-order valence-corrected chi connectivity index (χ3v) is 1.98. The number of carboxylic acids is 1. The van der Waals surface area contributed by atoms with Crippen molar-refractivity contribution in [1.82, 2.24) is 0 Å². The van der Waals surface area contributed by atoms with Crippen molar-refractivity contribution in [2.45, 2.75) is 13.0 Å². The van der Waals surface area contributed by atoms with Crippen molar-refractivity contribution < 1.29 is 14.7 Å². The molecule has 4 heteroatoms. The van der Waals surface area contributed by atoms with Crippen LogP contribution in [0.2, 0.25) is 0 Å². The molecule has 1 heterocycles. The highest BCUT2D eigenvalue weighted by atomic mass is 16.4. The van der Waals surface area contributed by atoms with Crippen molar-refractivity contribution in [3.8, 4) is 0 Å². The van der Waals surface area contributed by atoms with E-state index in [1.54, 1.807) is 0 Å². The second-order valence-electron chi connectivity index (χ2n) is 2.83. The molecule has 1 aliphatic heterocycles. The third kappa shape index (κ3) is 1.15. The van der Waals surface area contributed by atoms with Crippen LogP contribution in [-0.2, 0) is 9.59 Å². The van der Waals surface area contributed by atoms with Gasteiger partial charge in [-0.25, -0.2) is 0 Å². The zero-order chi connectivity index (χ0) is 9.19. The molecule has 4 nitrogen and oxygen atoms in total. The monoisotopic (exact) mass is 167 g/mol. The van der Waals surface area contributed by atoms with Gasteiger partial charge in [-0.05, 0) is 13.0 Å². The smallest absolute Gasteiger partial charge is 0.315 e. The van der Waals surface area contributed by atoms with Crippen LogP contribution < -0.4 is 0 Å². The standard InChI is InChI=1S/C8H9NO3/c1-8(7(11)12)3-2-4-9-6(8)5-10/h2-6H,1H3,(H,11,12). The Morgan fingerprint density at radius 3 is 2.83 bits per heavy atom. The summed E-state index contributed by atoms with van der Waals surface area (Å²) >= 11 is 0. The summed E-state index contributed by atoms with van der Waals surface area (Å²) in [5.74, 6) is -1.03. The zero-order valence-corrected chi connectivity index (χ0v) is 6.60. The fourth-order valence-electron chi connectivity index (χ4n) is 1.01. The lowest BCUT2D eigenvalue weighted by Gasteiger charge is -2.25. The Kier molecular flexibility index (Phi) is 2.08. The lowest BCUT2D eigenvalue weighted by atomic mass is 9.82. The number of dihydropyridines is 1. The minimum absolute atomic E-state index is 0.550. The van der Waals surface area contributed by atoms with E-state index in [2.05, 4.69) is 4.99 Å². The quantitative estimate of drug-likeness (QED) is 0.601. The lowest BCUT2D eigenvalue weighted by Crippen LogP contribution is -2.39. The van der Waals surface area contributed by atoms with Gasteiger partial charge in [0.25, 0.3) is 0 Å². The molecule has 0 aromatic heterocycles. The minimum atomic E-state index is -1.18. The first kappa shape index (κ1) is 8.64. The third-order valence-electron chi connectivity index (χ3n) is 1.98. The summed E-state index contributed by atoms with van der Waals surface area (Å²) in [6, 6.07) is -0.806. The predicted molar refractivity (Wildman–Crippen MR) is 43.2 cm³/mol. The van der Waals surface area contributed by atoms with Crippen LogP contribution in [-0.4, -0.2) is 29.6 Å². The van der Waals surface area contributed by atoms with E-state index in [1.807, 2.05) is 0 Å². The van der Waals surface area contributed by atoms with Crippen molar-refractivity contribution in [1.29, 1.82) is 0 Å². The molecule has 12 heavy (non-hydrogen) atoms. The Morgan fingerprint density at radius 2 is 2.42 bits per heavy atom. The number of hydrogen-bond acceptors (Lipinski definition) is 3. The Hall–Kier alpha value is -1.45. The van der Waals surface area contributed by atoms with E-state index >= 15 is 0 Å². The van der Waals surface area contributed by atoms with Gasteiger partial charge in [0.15, 0.2) is 0 Å². The first-order valence-corrected chi connectivity index (χ1v) is 3.51. The molecule has 0 saturated heterocycles. The van der Waals surface area contributed by atoms with E-state index in [9.17, 15) is 9.59 Å². The van der Waals surface area contributed by atoms with Crippen LogP contribution in [0.3, 0.4) is 0 Å². The summed E-state index contributed by atoms with van der Waals surface area (Å²) in [7, 11) is 0. The minimum Gasteiger partial charge on any atom is -0.481 e. The summed E-state index contributed by atoms with van der Waals surface area (Å²) in [5, 5.41) is 8.82. The summed E-state index contributed by atoms with van der Waals surface area (Å²) in [6.07, 6.45) is 4.99. The predicted octanol–water partition coefficient (Wildman–Crippen LogP) is 0.285. The summed E-state index contributed by atoms with van der Waals surface area (Å²) in [4.78, 5) is 25.0. The number of aliphatic imine (C=N–C) groups is 1. The number of hydrogen-bond donors (Lipinski definition) is 1. The van der Waals surface area contributed by atoms with E-state index in [4.69, 9.17) is 5.11 Å². The molecular weight excluding hydrogens is 158 g/mol. The van der Waals surface area contributed by atoms with Crippen molar-refractivity contribution in [2.24, 2.45) is 10.4 Å². The highest BCUT2D eigenvalue weighted by Crippen LogP contribution is 2.27. The van der Waals surface area contributed by atoms with Crippen LogP contribution in [0.1, 0.15) is 6.92 Å². The Labute approximate surface area is 69.6 Å². The lowest BCUT2D eigenvalue weighted by molar-refractivity contribution is -0.147. The van der Waals surface area contributed by atoms with Gasteiger partial charge in [-0.2, -0.15) is 0 Å². The maximum Gasteiger partial charge on any atom is 0.315 e. The van der Waals surface area contributed by atoms with Crippen molar-refractivity contribution in [2.75, 3.05) is 0 Å². The van der Waals surface area contributed by atoms with E-state index in [-0.39, 0.29) is 0 Å². The first-order valence-electron chi connectivity index (χ1n) is 3.51. The molecule has 1 N–H and O–H groups in total. The van der Waals surface area contributed by atoms with Gasteiger partial charge in [-0.1, -0.05) is 6.08 Å². The number of allylic oxidation sites excluding steroid dienone is 1. The van der Waals surface area contributed by atoms with Gasteiger partial charge in [-0.15, -0.1) is 0 Å². The molecule has 0 fully saturated rings. The number of rotatable bonds is 2. The molecule has 0 amide bonds. The van der Waals surface area contributed by atoms with E-state index in [0.717, 1.165) is 0 Å². The zero-order valence-electron chi connectivity index (χ0n) is 6.60. The number of nitrogens with zero attached hydrogens (tertiary/aromatic N) is 1. The molecule has 0 saturated carbocycles. The second kappa shape index (κ2) is 2.89. The molecule has 0 aromatic carbocycles. The van der Waals surface area contributed by atoms with Crippen LogP contribution in [0.5, 0.6) is 0 Å². The van der Waals surface area contributed by atoms with E-state index in [1.165, 1.54) is 25.3 Å². The highest BCUT2D eigenvalue weighted by Gasteiger charge is 2.40. The molecule has 0 spiro atoms. The maximum atomic E-state index is 10.8. The second-order valence-corrected chi connectivity index (χ2v) is 2.83. The summed E-state index contributed by atoms with van der Waals surface area (Å²) in [5.41, 5.74) is -1.18. The molecule has 1 aliphatic rings. The van der Waals surface area contributed by atoms with E-state index in [0.29, 0.717) is 6.29 Å². The van der Waals surface area contributed by atoms with Gasteiger partial charge in [0.05, 0.1) is 0 Å². The average Bonchev–Trinajstić information content (AvgIpc) is 2.05. The SMILES string of the molecule is CC1(C(=O)O)C=CC=NC1C=O. The maximum absolute atomic E-state index is 10.8. The largest absolute Gasteiger partial charge is 0.481 e. The van der Waals surface area contributed by atoms with Gasteiger partial charge in [-0.3, -0.25) is 9.79 Å². The van der Waals surface area contributed by atoms with Crippen molar-refractivity contribution in [3.05, 3.63) is 12.2 Å². The molecule has 0 bridgehead atoms. The summed E-state index contributed by atoms with van der Waals surface area (Å²) < 4.78 is 0. The molecular formula is C8H9NO3. The molecule has 1 rings (SSSR count). The Balaban J connectivity index is 3.02. The topological polar surface area (TPSA) is 66.7 Å². The molecule has 0 aliphatic carbocycles. The first-order chi connectivity index (χ1) is 5.61. The number of carboxylic acid groups (broad SMARTS) is 1. The van der Waals surface area contributed by atoms with Crippen LogP contribution in [0, 0.1) is 5.41 Å². The van der Waals surface area contributed by atoms with Gasteiger partial charge in [0.2, 0.25) is 0 Å². The number of aldehydes is 1. The van der Waals surface area contributed by atoms with Crippen LogP contribution in [0.25, 0.3) is 0 Å². The molecule has 64 valence electrons. The van der Waals surface area contributed by atoms with Gasteiger partial charge in [0, 0.05) is 6.21 Å². The Bertz CT molecular complexity index is 269. The number of carbonyl (C=O) groups excluding carboxylic acids is 1. The Morgan fingerprint density at radius 1 is 1.75 bits per heavy atom. The van der Waals surface area contributed by atoms with Gasteiger partial charge in [0.1, 0.15) is 17.7 Å². The van der Waals surface area contributed by atoms with Crippen molar-refractivity contribution in [3.63, 3.8) is 0 Å². The van der Waals surface area contributed by atoms with Crippen molar-refractivity contribution >= 4 is 18.5 Å². The number of aliphatic carboxylic acids is 1. The molecule has 2 atom stereocenters. The highest BCUT2D eigenvalue weighted by molar-refractivity contribution is 5.88.